The third-order valence-electron chi connectivity index (χ3n) is 18.1. The Morgan fingerprint density at radius 3 is 1.60 bits per heavy atom. The van der Waals surface area contributed by atoms with Gasteiger partial charge in [0, 0.05) is 60.8 Å². The fourth-order valence-electron chi connectivity index (χ4n) is 13.3. The molecule has 3 heterocycles. The van der Waals surface area contributed by atoms with Gasteiger partial charge in [0.15, 0.2) is 0 Å². The van der Waals surface area contributed by atoms with E-state index in [1.54, 1.807) is 0 Å². The zero-order valence-electron chi connectivity index (χ0n) is 48.4. The molecule has 0 atom stereocenters. The van der Waals surface area contributed by atoms with Gasteiger partial charge in [-0.15, -0.1) is 11.3 Å². The average Bonchev–Trinajstić information content (AvgIpc) is 3.38. The van der Waals surface area contributed by atoms with Gasteiger partial charge in [-0.1, -0.05) is 181 Å². The summed E-state index contributed by atoms with van der Waals surface area (Å²) in [6.07, 6.45) is 2.31. The Morgan fingerprint density at radius 1 is 0.487 bits per heavy atom. The summed E-state index contributed by atoms with van der Waals surface area (Å²) in [6, 6.07) is 66.4. The van der Waals surface area contributed by atoms with Crippen LogP contribution in [0.4, 0.5) is 45.5 Å². The number of fused-ring (bicyclic) bond motifs is 10. The molecule has 9 aromatic carbocycles. The molecule has 3 aliphatic rings. The summed E-state index contributed by atoms with van der Waals surface area (Å²) < 4.78 is 2.64. The van der Waals surface area contributed by atoms with Gasteiger partial charge in [-0.2, -0.15) is 0 Å². The lowest BCUT2D eigenvalue weighted by atomic mass is 9.43. The Balaban J connectivity index is 1.17. The van der Waals surface area contributed by atoms with Crippen LogP contribution < -0.4 is 25.5 Å². The second-order valence-corrected chi connectivity index (χ2v) is 28.5. The number of thiophene rings is 1. The monoisotopic (exact) mass is 1040 g/mol. The van der Waals surface area contributed by atoms with Gasteiger partial charge in [-0.05, 0) is 186 Å². The summed E-state index contributed by atoms with van der Waals surface area (Å²) >= 11 is 1.95. The van der Waals surface area contributed by atoms with Crippen molar-refractivity contribution < 1.29 is 0 Å². The van der Waals surface area contributed by atoms with E-state index in [1.165, 1.54) is 121 Å². The van der Waals surface area contributed by atoms with Gasteiger partial charge in [-0.3, -0.25) is 0 Å². The SMILES string of the molecule is Cc1cc2c(cc1N1c3cc(N(c4ccc(C(C)(C)C)cc4)c4ccc(C(C)(C)C)cc4)ccc3B3c4c(cc5c(sc6ccccc65)c41)-c1cc4ccccc4cc1N3c1ccc(C(C)(C)C)cc1)C(C)(C)CCC2(C)C. The zero-order valence-corrected chi connectivity index (χ0v) is 49.2. The molecule has 10 aromatic rings. The first-order valence-corrected chi connectivity index (χ1v) is 29.3. The van der Waals surface area contributed by atoms with Crippen LogP contribution in [0.1, 0.15) is 136 Å². The van der Waals surface area contributed by atoms with Gasteiger partial charge in [-0.25, -0.2) is 0 Å². The zero-order chi connectivity index (χ0) is 54.6. The van der Waals surface area contributed by atoms with Gasteiger partial charge < -0.3 is 14.6 Å². The molecule has 5 heteroatoms. The van der Waals surface area contributed by atoms with Crippen LogP contribution in [0.2, 0.25) is 0 Å². The summed E-state index contributed by atoms with van der Waals surface area (Å²) in [5.41, 5.74) is 23.1. The van der Waals surface area contributed by atoms with E-state index in [-0.39, 0.29) is 33.9 Å². The van der Waals surface area contributed by atoms with Crippen molar-refractivity contribution in [2.75, 3.05) is 14.6 Å². The van der Waals surface area contributed by atoms with Gasteiger partial charge >= 0.3 is 6.85 Å². The van der Waals surface area contributed by atoms with Crippen molar-refractivity contribution in [3.8, 4) is 11.1 Å². The lowest BCUT2D eigenvalue weighted by molar-refractivity contribution is 0.332. The fourth-order valence-corrected chi connectivity index (χ4v) is 14.5. The molecule has 0 bridgehead atoms. The van der Waals surface area contributed by atoms with Crippen molar-refractivity contribution in [3.63, 3.8) is 0 Å². The van der Waals surface area contributed by atoms with E-state index < -0.39 is 0 Å². The van der Waals surface area contributed by atoms with Gasteiger partial charge in [0.25, 0.3) is 0 Å². The molecular weight excluding hydrogens is 962 g/mol. The topological polar surface area (TPSA) is 9.72 Å². The van der Waals surface area contributed by atoms with Crippen LogP contribution in [0.3, 0.4) is 0 Å². The van der Waals surface area contributed by atoms with Crippen molar-refractivity contribution in [1.82, 2.24) is 0 Å². The highest BCUT2D eigenvalue weighted by atomic mass is 32.1. The van der Waals surface area contributed by atoms with Crippen LogP contribution in [-0.2, 0) is 27.1 Å². The maximum absolute atomic E-state index is 2.75. The highest BCUT2D eigenvalue weighted by Gasteiger charge is 2.48. The summed E-state index contributed by atoms with van der Waals surface area (Å²) in [5, 5.41) is 5.11. The lowest BCUT2D eigenvalue weighted by Gasteiger charge is -2.47. The first kappa shape index (κ1) is 50.4. The van der Waals surface area contributed by atoms with E-state index in [9.17, 15) is 0 Å². The second kappa shape index (κ2) is 17.5. The Kier molecular flexibility index (Phi) is 11.3. The molecule has 0 spiro atoms. The number of rotatable bonds is 5. The van der Waals surface area contributed by atoms with Crippen LogP contribution in [0.15, 0.2) is 170 Å². The molecular formula is C73H74BN3S. The summed E-state index contributed by atoms with van der Waals surface area (Å²) in [7, 11) is 0. The number of nitrogens with zero attached hydrogens (tertiary/aromatic N) is 3. The van der Waals surface area contributed by atoms with Gasteiger partial charge in [0.05, 0.1) is 10.4 Å². The molecule has 0 N–H and O–H groups in total. The molecule has 3 nitrogen and oxygen atoms in total. The van der Waals surface area contributed by atoms with Crippen molar-refractivity contribution in [1.29, 1.82) is 0 Å². The quantitative estimate of drug-likeness (QED) is 0.159. The first-order chi connectivity index (χ1) is 37.0. The Hall–Kier alpha value is -7.08. The van der Waals surface area contributed by atoms with Crippen LogP contribution in [0, 0.1) is 6.92 Å². The maximum atomic E-state index is 2.75. The third kappa shape index (κ3) is 8.04. The number of hydrogen-bond donors (Lipinski definition) is 0. The molecule has 0 fully saturated rings. The van der Waals surface area contributed by atoms with E-state index in [4.69, 9.17) is 0 Å². The number of hydrogen-bond acceptors (Lipinski definition) is 4. The van der Waals surface area contributed by atoms with Crippen molar-refractivity contribution in [2.45, 2.75) is 137 Å². The fraction of sp³-hybridized carbons (Fsp3) is 0.288. The van der Waals surface area contributed by atoms with E-state index in [1.807, 2.05) is 11.3 Å². The van der Waals surface area contributed by atoms with Crippen molar-refractivity contribution in [3.05, 3.63) is 203 Å². The summed E-state index contributed by atoms with van der Waals surface area (Å²) in [6.45, 7) is 32.9. The van der Waals surface area contributed by atoms with Crippen LogP contribution in [0.25, 0.3) is 42.1 Å². The molecule has 0 unspecified atom stereocenters. The van der Waals surface area contributed by atoms with Gasteiger partial charge in [0.2, 0.25) is 0 Å². The number of aryl methyl sites for hydroxylation is 1. The van der Waals surface area contributed by atoms with Crippen LogP contribution >= 0.6 is 11.3 Å². The predicted octanol–water partition coefficient (Wildman–Crippen LogP) is 19.9. The molecule has 2 aliphatic heterocycles. The molecule has 0 saturated carbocycles. The predicted molar refractivity (Wildman–Crippen MR) is 341 cm³/mol. The van der Waals surface area contributed by atoms with Crippen LogP contribution in [-0.4, -0.2) is 6.85 Å². The Bertz CT molecular complexity index is 3990. The van der Waals surface area contributed by atoms with E-state index in [0.29, 0.717) is 0 Å². The third-order valence-corrected chi connectivity index (χ3v) is 19.3. The standard InChI is InChI=1S/C73H74BN3S/c1-45-39-59-60(73(13,14)38-37-72(59,11)12)44-62(45)76-64-42-54(75(51-29-23-48(24-30-51)69(2,3)4)52-31-25-49(26-32-52)70(5,6)7)35-36-61(64)74-66-57(43-58-55-21-17-18-22-65(55)78-68(58)67(66)76)56-40-46-19-15-16-20-47(46)41-63(56)77(74)53-33-27-50(28-34-53)71(8,9)10/h15-36,39-44H,37-38H2,1-14H3. The van der Waals surface area contributed by atoms with E-state index in [0.717, 1.165) is 23.5 Å². The average molecular weight is 1040 g/mol. The highest BCUT2D eigenvalue weighted by Crippen LogP contribution is 2.56. The molecule has 390 valence electrons. The maximum Gasteiger partial charge on any atom is 0.333 e. The largest absolute Gasteiger partial charge is 0.376 e. The molecule has 78 heavy (non-hydrogen) atoms. The van der Waals surface area contributed by atoms with Crippen molar-refractivity contribution >= 4 is 106 Å². The molecule has 1 aromatic heterocycles. The smallest absolute Gasteiger partial charge is 0.333 e. The van der Waals surface area contributed by atoms with Crippen molar-refractivity contribution in [2.24, 2.45) is 0 Å². The molecule has 13 rings (SSSR count). The van der Waals surface area contributed by atoms with Crippen LogP contribution in [0.5, 0.6) is 0 Å². The molecule has 1 aliphatic carbocycles. The molecule has 0 amide bonds. The minimum absolute atomic E-state index is 0.00456. The van der Waals surface area contributed by atoms with Gasteiger partial charge in [0.1, 0.15) is 0 Å². The first-order valence-electron chi connectivity index (χ1n) is 28.5. The highest BCUT2D eigenvalue weighted by molar-refractivity contribution is 7.26. The minimum Gasteiger partial charge on any atom is -0.376 e. The number of anilines is 8. The molecule has 0 saturated heterocycles. The summed E-state index contributed by atoms with van der Waals surface area (Å²) in [4.78, 5) is 7.94. The molecule has 0 radical (unpaired) electrons. The Morgan fingerprint density at radius 2 is 1.01 bits per heavy atom. The number of benzene rings is 9. The second-order valence-electron chi connectivity index (χ2n) is 27.4. The van der Waals surface area contributed by atoms with E-state index in [2.05, 4.69) is 281 Å². The normalized spacial score (nSPS) is 15.6. The minimum atomic E-state index is -0.155. The summed E-state index contributed by atoms with van der Waals surface area (Å²) in [5.74, 6) is 0. The Labute approximate surface area is 468 Å². The lowest BCUT2D eigenvalue weighted by Crippen LogP contribution is -2.61. The van der Waals surface area contributed by atoms with E-state index >= 15 is 0 Å².